The van der Waals surface area contributed by atoms with Gasteiger partial charge >= 0.3 is 13.8 Å². The van der Waals surface area contributed by atoms with Crippen LogP contribution in [0.2, 0.25) is 0 Å². The zero-order valence-corrected chi connectivity index (χ0v) is 42.9. The number of hydrogen-bond acceptors (Lipinski definition) is 7. The van der Waals surface area contributed by atoms with Crippen molar-refractivity contribution in [1.82, 2.24) is 0 Å². The van der Waals surface area contributed by atoms with Crippen LogP contribution in [0.4, 0.5) is 0 Å². The van der Waals surface area contributed by atoms with Gasteiger partial charge in [0.05, 0.1) is 19.8 Å². The van der Waals surface area contributed by atoms with Crippen molar-refractivity contribution < 1.29 is 32.8 Å². The Morgan fingerprint density at radius 2 is 0.875 bits per heavy atom. The molecule has 0 rings (SSSR count). The standard InChI is InChI=1S/C55H104NO7P/c1-3-5-7-9-11-13-15-17-19-21-23-25-27-28-30-32-34-36-38-40-42-44-46-48-55(57)63-54(53-62-64(58,59)61-51-49-56)52-60-50-47-45-43-41-39-37-35-33-31-29-26-24-22-20-18-16-14-12-10-8-6-4-2/h6,8,12,14,18,20,24,26,54H,3-5,7,9-11,13,15-17,19,21-23,25,27-53,56H2,1-2H3,(H,58,59)/b8-6-,14-12-,20-18-,26-24-. The van der Waals surface area contributed by atoms with Crippen molar-refractivity contribution >= 4 is 13.8 Å². The van der Waals surface area contributed by atoms with Gasteiger partial charge in [-0.3, -0.25) is 13.8 Å². The average molecular weight is 922 g/mol. The lowest BCUT2D eigenvalue weighted by Gasteiger charge is -2.20. The van der Waals surface area contributed by atoms with E-state index in [1.807, 2.05) is 0 Å². The second-order valence-electron chi connectivity index (χ2n) is 18.1. The third-order valence-corrected chi connectivity index (χ3v) is 12.7. The van der Waals surface area contributed by atoms with Crippen LogP contribution >= 0.6 is 7.82 Å². The van der Waals surface area contributed by atoms with Crippen LogP contribution in [0.25, 0.3) is 0 Å². The monoisotopic (exact) mass is 922 g/mol. The SMILES string of the molecule is CC/C=C\C/C=C\C/C=C\C/C=C\CCCCCCCCCCCOCC(COP(=O)(O)OCCN)OC(=O)CCCCCCCCCCCCCCCCCCCCCCCCC. The first-order valence-corrected chi connectivity index (χ1v) is 28.6. The predicted molar refractivity (Wildman–Crippen MR) is 275 cm³/mol. The quantitative estimate of drug-likeness (QED) is 0.0268. The number of ether oxygens (including phenoxy) is 2. The minimum atomic E-state index is -4.29. The van der Waals surface area contributed by atoms with Gasteiger partial charge in [-0.15, -0.1) is 0 Å². The van der Waals surface area contributed by atoms with Gasteiger partial charge in [-0.05, 0) is 51.4 Å². The highest BCUT2D eigenvalue weighted by molar-refractivity contribution is 7.47. The summed E-state index contributed by atoms with van der Waals surface area (Å²) in [5.74, 6) is -0.328. The van der Waals surface area contributed by atoms with E-state index in [0.29, 0.717) is 13.0 Å². The smallest absolute Gasteiger partial charge is 0.457 e. The predicted octanol–water partition coefficient (Wildman–Crippen LogP) is 17.1. The Kier molecular flexibility index (Phi) is 51.2. The molecule has 9 heteroatoms. The second-order valence-corrected chi connectivity index (χ2v) is 19.5. The van der Waals surface area contributed by atoms with Gasteiger partial charge in [0.1, 0.15) is 6.10 Å². The van der Waals surface area contributed by atoms with E-state index in [0.717, 1.165) is 57.8 Å². The molecule has 3 N–H and O–H groups in total. The molecule has 0 fully saturated rings. The van der Waals surface area contributed by atoms with Crippen LogP contribution in [0.1, 0.15) is 258 Å². The Labute approximate surface area is 396 Å². The topological polar surface area (TPSA) is 117 Å². The molecule has 2 atom stereocenters. The molecular weight excluding hydrogens is 818 g/mol. The molecule has 0 amide bonds. The van der Waals surface area contributed by atoms with E-state index >= 15 is 0 Å². The van der Waals surface area contributed by atoms with E-state index in [4.69, 9.17) is 24.3 Å². The van der Waals surface area contributed by atoms with Crippen molar-refractivity contribution in [1.29, 1.82) is 0 Å². The summed E-state index contributed by atoms with van der Waals surface area (Å²) in [4.78, 5) is 22.6. The zero-order valence-electron chi connectivity index (χ0n) is 42.0. The van der Waals surface area contributed by atoms with Gasteiger partial charge in [0, 0.05) is 19.6 Å². The molecule has 0 aliphatic heterocycles. The summed E-state index contributed by atoms with van der Waals surface area (Å²) < 4.78 is 33.6. The molecule has 0 aromatic carbocycles. The summed E-state index contributed by atoms with van der Waals surface area (Å²) in [5.41, 5.74) is 5.40. The van der Waals surface area contributed by atoms with E-state index in [1.165, 1.54) is 180 Å². The second kappa shape index (κ2) is 52.4. The van der Waals surface area contributed by atoms with Crippen molar-refractivity contribution in [3.05, 3.63) is 48.6 Å². The molecule has 0 aliphatic rings. The van der Waals surface area contributed by atoms with Crippen LogP contribution < -0.4 is 5.73 Å². The molecular formula is C55H104NO7P. The van der Waals surface area contributed by atoms with Gasteiger partial charge in [0.25, 0.3) is 0 Å². The molecule has 64 heavy (non-hydrogen) atoms. The Morgan fingerprint density at radius 1 is 0.484 bits per heavy atom. The lowest BCUT2D eigenvalue weighted by atomic mass is 10.0. The first-order chi connectivity index (χ1) is 31.4. The van der Waals surface area contributed by atoms with Crippen molar-refractivity contribution in [3.8, 4) is 0 Å². The molecule has 0 saturated heterocycles. The number of nitrogens with two attached hydrogens (primary N) is 1. The summed E-state index contributed by atoms with van der Waals surface area (Å²) >= 11 is 0. The van der Waals surface area contributed by atoms with Crippen molar-refractivity contribution in [2.24, 2.45) is 5.73 Å². The number of esters is 1. The Morgan fingerprint density at radius 3 is 1.31 bits per heavy atom. The molecule has 0 heterocycles. The summed E-state index contributed by atoms with van der Waals surface area (Å²) in [6.07, 6.45) is 64.4. The molecule has 0 aromatic rings. The minimum absolute atomic E-state index is 0.0963. The summed E-state index contributed by atoms with van der Waals surface area (Å²) in [6, 6.07) is 0. The number of phosphoric acid groups is 1. The third kappa shape index (κ3) is 51.4. The van der Waals surface area contributed by atoms with Crippen LogP contribution in [0, 0.1) is 0 Å². The Hall–Kier alpha value is -1.54. The van der Waals surface area contributed by atoms with E-state index in [1.54, 1.807) is 0 Å². The number of carbonyl (C=O) groups is 1. The first-order valence-electron chi connectivity index (χ1n) is 27.1. The van der Waals surface area contributed by atoms with Crippen molar-refractivity contribution in [2.75, 3.05) is 33.0 Å². The van der Waals surface area contributed by atoms with E-state index < -0.39 is 13.9 Å². The molecule has 376 valence electrons. The molecule has 0 spiro atoms. The fourth-order valence-electron chi connectivity index (χ4n) is 7.81. The van der Waals surface area contributed by atoms with Gasteiger partial charge in [0.15, 0.2) is 0 Å². The molecule has 2 unspecified atom stereocenters. The highest BCUT2D eigenvalue weighted by Crippen LogP contribution is 2.43. The molecule has 0 aromatic heterocycles. The number of phosphoric ester groups is 1. The molecule has 0 saturated carbocycles. The van der Waals surface area contributed by atoms with Gasteiger partial charge in [-0.2, -0.15) is 0 Å². The van der Waals surface area contributed by atoms with E-state index in [2.05, 4.69) is 62.5 Å². The normalized spacial score (nSPS) is 13.6. The van der Waals surface area contributed by atoms with Crippen LogP contribution in [-0.2, 0) is 27.9 Å². The van der Waals surface area contributed by atoms with Gasteiger partial charge in [0.2, 0.25) is 0 Å². The summed E-state index contributed by atoms with van der Waals surface area (Å²) in [5, 5.41) is 0. The Balaban J connectivity index is 3.90. The zero-order chi connectivity index (χ0) is 46.5. The van der Waals surface area contributed by atoms with Crippen LogP contribution in [0.3, 0.4) is 0 Å². The van der Waals surface area contributed by atoms with Crippen LogP contribution in [0.5, 0.6) is 0 Å². The number of carbonyl (C=O) groups excluding carboxylic acids is 1. The molecule has 0 aliphatic carbocycles. The summed E-state index contributed by atoms with van der Waals surface area (Å²) in [7, 11) is -4.29. The lowest BCUT2D eigenvalue weighted by Crippen LogP contribution is -2.28. The van der Waals surface area contributed by atoms with Gasteiger partial charge in [-0.1, -0.05) is 249 Å². The molecule has 0 bridgehead atoms. The van der Waals surface area contributed by atoms with E-state index in [9.17, 15) is 14.3 Å². The largest absolute Gasteiger partial charge is 0.472 e. The van der Waals surface area contributed by atoms with Crippen molar-refractivity contribution in [2.45, 2.75) is 264 Å². The number of allylic oxidation sites excluding steroid dienone is 8. The fraction of sp³-hybridized carbons (Fsp3) is 0.836. The summed E-state index contributed by atoms with van der Waals surface area (Å²) in [6.45, 7) is 4.84. The highest BCUT2D eigenvalue weighted by atomic mass is 31.2. The van der Waals surface area contributed by atoms with Crippen molar-refractivity contribution in [3.63, 3.8) is 0 Å². The fourth-order valence-corrected chi connectivity index (χ4v) is 8.58. The maximum absolute atomic E-state index is 12.7. The number of rotatable bonds is 52. The van der Waals surface area contributed by atoms with Crippen LogP contribution in [-0.4, -0.2) is 49.9 Å². The van der Waals surface area contributed by atoms with Crippen LogP contribution in [0.15, 0.2) is 48.6 Å². The molecule has 8 nitrogen and oxygen atoms in total. The van der Waals surface area contributed by atoms with Gasteiger partial charge in [-0.25, -0.2) is 4.57 Å². The third-order valence-electron chi connectivity index (χ3n) is 11.8. The highest BCUT2D eigenvalue weighted by Gasteiger charge is 2.25. The maximum Gasteiger partial charge on any atom is 0.472 e. The number of hydrogen-bond donors (Lipinski definition) is 2. The van der Waals surface area contributed by atoms with Gasteiger partial charge < -0.3 is 20.1 Å². The Bertz CT molecular complexity index is 1130. The number of unbranched alkanes of at least 4 members (excludes halogenated alkanes) is 31. The minimum Gasteiger partial charge on any atom is -0.457 e. The maximum atomic E-state index is 12.7. The van der Waals surface area contributed by atoms with E-state index in [-0.39, 0.29) is 32.3 Å². The molecule has 0 radical (unpaired) electrons. The average Bonchev–Trinajstić information content (AvgIpc) is 3.29. The lowest BCUT2D eigenvalue weighted by molar-refractivity contribution is -0.154. The first kappa shape index (κ1) is 62.5.